The highest BCUT2D eigenvalue weighted by Gasteiger charge is 2.13. The summed E-state index contributed by atoms with van der Waals surface area (Å²) >= 11 is 0. The minimum absolute atomic E-state index is 0.449. The van der Waals surface area contributed by atoms with Crippen LogP contribution in [0.4, 0.5) is 0 Å². The average Bonchev–Trinajstić information content (AvgIpc) is 2.84. The van der Waals surface area contributed by atoms with Gasteiger partial charge in [-0.3, -0.25) is 4.68 Å². The molecule has 0 bridgehead atoms. The second-order valence-electron chi connectivity index (χ2n) is 4.90. The molecule has 0 fully saturated rings. The van der Waals surface area contributed by atoms with Crippen molar-refractivity contribution in [2.24, 2.45) is 7.05 Å². The third-order valence-electron chi connectivity index (χ3n) is 3.19. The number of hydrogen-bond donors (Lipinski definition) is 1. The summed E-state index contributed by atoms with van der Waals surface area (Å²) < 4.78 is 1.76. The van der Waals surface area contributed by atoms with E-state index in [1.54, 1.807) is 4.68 Å². The molecule has 0 radical (unpaired) electrons. The first-order valence-electron chi connectivity index (χ1n) is 6.90. The standard InChI is InChI=1S/C15H22N4/c1-3-9-16-11-14(13-7-5-4-6-8-13)10-15-12-19(2)18-17-15/h4-8,12,14,16H,3,9-11H2,1-2H3. The lowest BCUT2D eigenvalue weighted by molar-refractivity contribution is 0.571. The van der Waals surface area contributed by atoms with E-state index in [2.05, 4.69) is 52.9 Å². The van der Waals surface area contributed by atoms with Gasteiger partial charge in [0.05, 0.1) is 5.69 Å². The minimum Gasteiger partial charge on any atom is -0.316 e. The Morgan fingerprint density at radius 1 is 1.26 bits per heavy atom. The smallest absolute Gasteiger partial charge is 0.0833 e. The molecule has 0 aliphatic carbocycles. The Labute approximate surface area is 114 Å². The molecule has 0 spiro atoms. The maximum atomic E-state index is 4.19. The molecule has 0 aliphatic heterocycles. The van der Waals surface area contributed by atoms with Crippen molar-refractivity contribution in [2.45, 2.75) is 25.7 Å². The van der Waals surface area contributed by atoms with Crippen LogP contribution in [0, 0.1) is 0 Å². The summed E-state index contributed by atoms with van der Waals surface area (Å²) in [6.07, 6.45) is 4.08. The maximum Gasteiger partial charge on any atom is 0.0833 e. The number of hydrogen-bond acceptors (Lipinski definition) is 3. The zero-order valence-electron chi connectivity index (χ0n) is 11.7. The highest BCUT2D eigenvalue weighted by molar-refractivity contribution is 5.21. The second kappa shape index (κ2) is 7.04. The fourth-order valence-corrected chi connectivity index (χ4v) is 2.23. The second-order valence-corrected chi connectivity index (χ2v) is 4.90. The van der Waals surface area contributed by atoms with Crippen LogP contribution in [0.5, 0.6) is 0 Å². The molecule has 1 N–H and O–H groups in total. The van der Waals surface area contributed by atoms with E-state index in [-0.39, 0.29) is 0 Å². The van der Waals surface area contributed by atoms with Gasteiger partial charge in [0.25, 0.3) is 0 Å². The van der Waals surface area contributed by atoms with Crippen molar-refractivity contribution in [1.29, 1.82) is 0 Å². The Morgan fingerprint density at radius 2 is 2.05 bits per heavy atom. The van der Waals surface area contributed by atoms with Crippen LogP contribution < -0.4 is 5.32 Å². The van der Waals surface area contributed by atoms with Gasteiger partial charge in [0, 0.05) is 32.1 Å². The van der Waals surface area contributed by atoms with E-state index in [0.29, 0.717) is 5.92 Å². The highest BCUT2D eigenvalue weighted by atomic mass is 15.4. The SMILES string of the molecule is CCCNCC(Cc1cn(C)nn1)c1ccccc1. The summed E-state index contributed by atoms with van der Waals surface area (Å²) in [4.78, 5) is 0. The number of nitrogens with one attached hydrogen (secondary N) is 1. The van der Waals surface area contributed by atoms with Gasteiger partial charge in [0.1, 0.15) is 0 Å². The van der Waals surface area contributed by atoms with Gasteiger partial charge in [0.2, 0.25) is 0 Å². The van der Waals surface area contributed by atoms with Crippen LogP contribution in [-0.2, 0) is 13.5 Å². The van der Waals surface area contributed by atoms with Crippen molar-refractivity contribution in [3.05, 3.63) is 47.8 Å². The molecule has 1 unspecified atom stereocenters. The van der Waals surface area contributed by atoms with Crippen LogP contribution in [0.15, 0.2) is 36.5 Å². The molecular formula is C15H22N4. The van der Waals surface area contributed by atoms with Gasteiger partial charge in [-0.2, -0.15) is 0 Å². The Kier molecular flexibility index (Phi) is 5.10. The van der Waals surface area contributed by atoms with E-state index in [0.717, 1.165) is 31.6 Å². The Hall–Kier alpha value is -1.68. The largest absolute Gasteiger partial charge is 0.316 e. The molecule has 102 valence electrons. The summed E-state index contributed by atoms with van der Waals surface area (Å²) in [5.41, 5.74) is 2.41. The van der Waals surface area contributed by atoms with Gasteiger partial charge >= 0.3 is 0 Å². The molecule has 1 aromatic heterocycles. The fraction of sp³-hybridized carbons (Fsp3) is 0.467. The van der Waals surface area contributed by atoms with E-state index < -0.39 is 0 Å². The van der Waals surface area contributed by atoms with Crippen molar-refractivity contribution in [2.75, 3.05) is 13.1 Å². The molecule has 0 aliphatic rings. The fourth-order valence-electron chi connectivity index (χ4n) is 2.23. The molecule has 0 amide bonds. The summed E-state index contributed by atoms with van der Waals surface area (Å²) in [5.74, 6) is 0.449. The quantitative estimate of drug-likeness (QED) is 0.774. The lowest BCUT2D eigenvalue weighted by atomic mass is 9.94. The molecular weight excluding hydrogens is 236 g/mol. The first-order chi connectivity index (χ1) is 9.29. The number of nitrogens with zero attached hydrogens (tertiary/aromatic N) is 3. The lowest BCUT2D eigenvalue weighted by Gasteiger charge is -2.16. The van der Waals surface area contributed by atoms with Gasteiger partial charge in [-0.15, -0.1) is 5.10 Å². The predicted molar refractivity (Wildman–Crippen MR) is 77.1 cm³/mol. The maximum absolute atomic E-state index is 4.19. The molecule has 2 rings (SSSR count). The first-order valence-corrected chi connectivity index (χ1v) is 6.90. The first kappa shape index (κ1) is 13.7. The van der Waals surface area contributed by atoms with Crippen LogP contribution in [-0.4, -0.2) is 28.1 Å². The monoisotopic (exact) mass is 258 g/mol. The topological polar surface area (TPSA) is 42.7 Å². The lowest BCUT2D eigenvalue weighted by Crippen LogP contribution is -2.23. The third-order valence-corrected chi connectivity index (χ3v) is 3.19. The Morgan fingerprint density at radius 3 is 2.68 bits per heavy atom. The summed E-state index contributed by atoms with van der Waals surface area (Å²) in [6, 6.07) is 10.6. The Balaban J connectivity index is 2.05. The molecule has 4 heteroatoms. The summed E-state index contributed by atoms with van der Waals surface area (Å²) in [7, 11) is 1.91. The third kappa shape index (κ3) is 4.17. The molecule has 1 aromatic carbocycles. The number of aryl methyl sites for hydroxylation is 1. The van der Waals surface area contributed by atoms with E-state index in [4.69, 9.17) is 0 Å². The molecule has 19 heavy (non-hydrogen) atoms. The molecule has 0 saturated carbocycles. The van der Waals surface area contributed by atoms with Gasteiger partial charge in [-0.05, 0) is 18.5 Å². The van der Waals surface area contributed by atoms with Crippen LogP contribution >= 0.6 is 0 Å². The summed E-state index contributed by atoms with van der Waals surface area (Å²) in [6.45, 7) is 4.23. The molecule has 0 saturated heterocycles. The minimum atomic E-state index is 0.449. The molecule has 4 nitrogen and oxygen atoms in total. The van der Waals surface area contributed by atoms with E-state index in [1.807, 2.05) is 13.2 Å². The van der Waals surface area contributed by atoms with Crippen molar-refractivity contribution in [1.82, 2.24) is 20.3 Å². The van der Waals surface area contributed by atoms with Crippen LogP contribution in [0.25, 0.3) is 0 Å². The van der Waals surface area contributed by atoms with Crippen LogP contribution in [0.2, 0.25) is 0 Å². The van der Waals surface area contributed by atoms with E-state index in [9.17, 15) is 0 Å². The zero-order chi connectivity index (χ0) is 13.5. The molecule has 1 heterocycles. The zero-order valence-corrected chi connectivity index (χ0v) is 11.7. The average molecular weight is 258 g/mol. The molecule has 1 atom stereocenters. The van der Waals surface area contributed by atoms with Gasteiger partial charge in [-0.25, -0.2) is 0 Å². The van der Waals surface area contributed by atoms with Gasteiger partial charge < -0.3 is 5.32 Å². The van der Waals surface area contributed by atoms with Crippen molar-refractivity contribution in [3.63, 3.8) is 0 Å². The van der Waals surface area contributed by atoms with Gasteiger partial charge in [0.15, 0.2) is 0 Å². The van der Waals surface area contributed by atoms with Gasteiger partial charge in [-0.1, -0.05) is 42.5 Å². The van der Waals surface area contributed by atoms with Crippen molar-refractivity contribution < 1.29 is 0 Å². The van der Waals surface area contributed by atoms with Crippen LogP contribution in [0.3, 0.4) is 0 Å². The van der Waals surface area contributed by atoms with Crippen molar-refractivity contribution in [3.8, 4) is 0 Å². The summed E-state index contributed by atoms with van der Waals surface area (Å²) in [5, 5.41) is 11.7. The number of aromatic nitrogens is 3. The van der Waals surface area contributed by atoms with E-state index in [1.165, 1.54) is 5.56 Å². The highest BCUT2D eigenvalue weighted by Crippen LogP contribution is 2.19. The number of benzene rings is 1. The van der Waals surface area contributed by atoms with Crippen LogP contribution in [0.1, 0.15) is 30.5 Å². The molecule has 2 aromatic rings. The normalized spacial score (nSPS) is 12.5. The van der Waals surface area contributed by atoms with E-state index >= 15 is 0 Å². The van der Waals surface area contributed by atoms with Crippen molar-refractivity contribution >= 4 is 0 Å². The predicted octanol–water partition coefficient (Wildman–Crippen LogP) is 2.14. The number of rotatable bonds is 7. The Bertz CT molecular complexity index is 478.